The molecule has 0 bridgehead atoms. The van der Waals surface area contributed by atoms with Crippen molar-refractivity contribution in [2.75, 3.05) is 25.1 Å². The fourth-order valence-electron chi connectivity index (χ4n) is 2.22. The lowest BCUT2D eigenvalue weighted by Crippen LogP contribution is -2.25. The van der Waals surface area contributed by atoms with E-state index in [9.17, 15) is 5.11 Å². The van der Waals surface area contributed by atoms with Crippen molar-refractivity contribution in [2.24, 2.45) is 5.92 Å². The normalized spacial score (nSPS) is 16.1. The Morgan fingerprint density at radius 1 is 1.38 bits per heavy atom. The van der Waals surface area contributed by atoms with Crippen LogP contribution in [0.4, 0.5) is 5.69 Å². The first kappa shape index (κ1) is 14.6. The maximum atomic E-state index is 9.94. The van der Waals surface area contributed by atoms with Gasteiger partial charge < -0.3 is 15.2 Å². The lowest BCUT2D eigenvalue weighted by Gasteiger charge is -2.14. The molecule has 1 aliphatic carbocycles. The second-order valence-corrected chi connectivity index (χ2v) is 5.92. The van der Waals surface area contributed by atoms with Gasteiger partial charge in [-0.3, -0.25) is 4.98 Å². The highest BCUT2D eigenvalue weighted by atomic mass is 35.5. The summed E-state index contributed by atoms with van der Waals surface area (Å²) in [6.45, 7) is 1.56. The van der Waals surface area contributed by atoms with Crippen molar-refractivity contribution in [2.45, 2.75) is 18.9 Å². The third-order valence-corrected chi connectivity index (χ3v) is 3.93. The largest absolute Gasteiger partial charge is 0.389 e. The maximum absolute atomic E-state index is 9.94. The Morgan fingerprint density at radius 2 is 2.24 bits per heavy atom. The average molecular weight is 307 g/mol. The van der Waals surface area contributed by atoms with Crippen molar-refractivity contribution >= 4 is 28.2 Å². The summed E-state index contributed by atoms with van der Waals surface area (Å²) in [7, 11) is 0. The summed E-state index contributed by atoms with van der Waals surface area (Å²) in [5, 5.41) is 14.7. The molecule has 5 heteroatoms. The third-order valence-electron chi connectivity index (χ3n) is 3.61. The second-order valence-electron chi connectivity index (χ2n) is 5.51. The minimum Gasteiger partial charge on any atom is -0.389 e. The molecule has 0 aliphatic heterocycles. The zero-order valence-corrected chi connectivity index (χ0v) is 12.5. The van der Waals surface area contributed by atoms with Gasteiger partial charge >= 0.3 is 0 Å². The van der Waals surface area contributed by atoms with E-state index in [1.807, 2.05) is 24.3 Å². The van der Waals surface area contributed by atoms with E-state index in [0.717, 1.165) is 29.1 Å². The number of anilines is 1. The van der Waals surface area contributed by atoms with E-state index in [0.29, 0.717) is 18.2 Å². The van der Waals surface area contributed by atoms with Crippen molar-refractivity contribution in [3.63, 3.8) is 0 Å². The van der Waals surface area contributed by atoms with Gasteiger partial charge in [0.1, 0.15) is 0 Å². The molecule has 0 saturated heterocycles. The summed E-state index contributed by atoms with van der Waals surface area (Å²) in [5.41, 5.74) is 1.69. The zero-order chi connectivity index (χ0) is 14.7. The zero-order valence-electron chi connectivity index (χ0n) is 11.8. The first-order chi connectivity index (χ1) is 10.2. The molecule has 112 valence electrons. The number of nitrogens with one attached hydrogen (secondary N) is 1. The molecule has 1 heterocycles. The Kier molecular flexibility index (Phi) is 4.58. The molecule has 1 aromatic carbocycles. The summed E-state index contributed by atoms with van der Waals surface area (Å²) in [6.07, 6.45) is 3.73. The molecule has 0 radical (unpaired) electrons. The molecular formula is C16H19ClN2O2. The Morgan fingerprint density at radius 3 is 3.05 bits per heavy atom. The molecule has 3 rings (SSSR count). The van der Waals surface area contributed by atoms with Gasteiger partial charge in [0.15, 0.2) is 0 Å². The Bertz CT molecular complexity index is 616. The van der Waals surface area contributed by atoms with E-state index in [1.54, 1.807) is 6.20 Å². The fraction of sp³-hybridized carbons (Fsp3) is 0.438. The van der Waals surface area contributed by atoms with Crippen molar-refractivity contribution in [1.82, 2.24) is 4.98 Å². The fourth-order valence-corrected chi connectivity index (χ4v) is 2.44. The van der Waals surface area contributed by atoms with Crippen LogP contribution in [-0.4, -0.2) is 36.0 Å². The summed E-state index contributed by atoms with van der Waals surface area (Å²) in [5.74, 6) is 0.717. The molecule has 2 aromatic rings. The van der Waals surface area contributed by atoms with Gasteiger partial charge in [0.2, 0.25) is 0 Å². The maximum Gasteiger partial charge on any atom is 0.0948 e. The van der Waals surface area contributed by atoms with Crippen molar-refractivity contribution in [3.8, 4) is 0 Å². The van der Waals surface area contributed by atoms with Crippen molar-refractivity contribution in [3.05, 3.63) is 35.5 Å². The number of aliphatic hydroxyl groups excluding tert-OH is 1. The third kappa shape index (κ3) is 3.84. The molecule has 1 unspecified atom stereocenters. The van der Waals surface area contributed by atoms with E-state index in [-0.39, 0.29) is 0 Å². The number of benzene rings is 1. The minimum atomic E-state index is -0.529. The molecule has 2 N–H and O–H groups in total. The van der Waals surface area contributed by atoms with Crippen LogP contribution < -0.4 is 5.32 Å². The quantitative estimate of drug-likeness (QED) is 0.825. The van der Waals surface area contributed by atoms with Gasteiger partial charge in [-0.05, 0) is 43.0 Å². The number of ether oxygens (including phenoxy) is 1. The highest BCUT2D eigenvalue weighted by molar-refractivity contribution is 6.35. The second kappa shape index (κ2) is 6.60. The summed E-state index contributed by atoms with van der Waals surface area (Å²) in [6, 6.07) is 7.52. The van der Waals surface area contributed by atoms with Crippen LogP contribution in [0.25, 0.3) is 10.9 Å². The number of rotatable bonds is 7. The SMILES string of the molecule is OC(CNc1ccc(Cl)c2cccnc12)COCC1CC1. The molecule has 0 spiro atoms. The standard InChI is InChI=1S/C16H19ClN2O2/c17-14-5-6-15(16-13(14)2-1-7-18-16)19-8-12(20)10-21-9-11-3-4-11/h1-2,5-7,11-12,19-20H,3-4,8-10H2. The molecule has 4 nitrogen and oxygen atoms in total. The number of aromatic nitrogens is 1. The number of hydrogen-bond acceptors (Lipinski definition) is 4. The van der Waals surface area contributed by atoms with Crippen LogP contribution in [0.1, 0.15) is 12.8 Å². The average Bonchev–Trinajstić information content (AvgIpc) is 3.31. The lowest BCUT2D eigenvalue weighted by molar-refractivity contribution is 0.0386. The van der Waals surface area contributed by atoms with Crippen molar-refractivity contribution < 1.29 is 9.84 Å². The summed E-state index contributed by atoms with van der Waals surface area (Å²) < 4.78 is 5.49. The topological polar surface area (TPSA) is 54.4 Å². The van der Waals surface area contributed by atoms with Crippen molar-refractivity contribution in [1.29, 1.82) is 0 Å². The van der Waals surface area contributed by atoms with Gasteiger partial charge in [0, 0.05) is 24.7 Å². The van der Waals surface area contributed by atoms with E-state index in [2.05, 4.69) is 10.3 Å². The van der Waals surface area contributed by atoms with Gasteiger partial charge in [-0.2, -0.15) is 0 Å². The van der Waals surface area contributed by atoms with Crippen LogP contribution in [0.2, 0.25) is 5.02 Å². The smallest absolute Gasteiger partial charge is 0.0948 e. The van der Waals surface area contributed by atoms with E-state index < -0.39 is 6.10 Å². The lowest BCUT2D eigenvalue weighted by atomic mass is 10.2. The monoisotopic (exact) mass is 306 g/mol. The van der Waals surface area contributed by atoms with Crippen LogP contribution in [0, 0.1) is 5.92 Å². The van der Waals surface area contributed by atoms with Gasteiger partial charge in [0.05, 0.1) is 28.9 Å². The Hall–Kier alpha value is -1.36. The van der Waals surface area contributed by atoms with Crippen LogP contribution in [-0.2, 0) is 4.74 Å². The molecular weight excluding hydrogens is 288 g/mol. The highest BCUT2D eigenvalue weighted by Crippen LogP contribution is 2.29. The van der Waals surface area contributed by atoms with Crippen LogP contribution in [0.5, 0.6) is 0 Å². The predicted molar refractivity (Wildman–Crippen MR) is 84.8 cm³/mol. The molecule has 1 aliphatic rings. The summed E-state index contributed by atoms with van der Waals surface area (Å²) in [4.78, 5) is 4.35. The molecule has 0 amide bonds. The van der Waals surface area contributed by atoms with Gasteiger partial charge in [-0.1, -0.05) is 11.6 Å². The summed E-state index contributed by atoms with van der Waals surface area (Å²) >= 11 is 6.16. The Labute approximate surface area is 129 Å². The predicted octanol–water partition coefficient (Wildman–Crippen LogP) is 3.09. The van der Waals surface area contributed by atoms with Gasteiger partial charge in [-0.15, -0.1) is 0 Å². The molecule has 1 atom stereocenters. The molecule has 1 aromatic heterocycles. The Balaban J connectivity index is 1.58. The first-order valence-corrected chi connectivity index (χ1v) is 7.65. The van der Waals surface area contributed by atoms with Crippen LogP contribution in [0.15, 0.2) is 30.5 Å². The van der Waals surface area contributed by atoms with Crippen LogP contribution >= 0.6 is 11.6 Å². The minimum absolute atomic E-state index is 0.364. The van der Waals surface area contributed by atoms with E-state index in [1.165, 1.54) is 12.8 Å². The number of fused-ring (bicyclic) bond motifs is 1. The van der Waals surface area contributed by atoms with Gasteiger partial charge in [0.25, 0.3) is 0 Å². The number of halogens is 1. The molecule has 1 fully saturated rings. The van der Waals surface area contributed by atoms with E-state index in [4.69, 9.17) is 16.3 Å². The first-order valence-electron chi connectivity index (χ1n) is 7.27. The van der Waals surface area contributed by atoms with Crippen LogP contribution in [0.3, 0.4) is 0 Å². The van der Waals surface area contributed by atoms with E-state index >= 15 is 0 Å². The number of aliphatic hydroxyl groups is 1. The molecule has 1 saturated carbocycles. The number of hydrogen-bond donors (Lipinski definition) is 2. The highest BCUT2D eigenvalue weighted by Gasteiger charge is 2.21. The number of nitrogens with zero attached hydrogens (tertiary/aromatic N) is 1. The van der Waals surface area contributed by atoms with Gasteiger partial charge in [-0.25, -0.2) is 0 Å². The number of pyridine rings is 1. The molecule has 21 heavy (non-hydrogen) atoms.